The maximum atomic E-state index is 11.1. The van der Waals surface area contributed by atoms with E-state index in [1.807, 2.05) is 25.2 Å². The highest BCUT2D eigenvalue weighted by Crippen LogP contribution is 2.42. The predicted octanol–water partition coefficient (Wildman–Crippen LogP) is 2.49. The number of halogens is 1. The third-order valence-corrected chi connectivity index (χ3v) is 9.49. The van der Waals surface area contributed by atoms with Crippen molar-refractivity contribution in [3.05, 3.63) is 53.7 Å². The molecule has 2 fully saturated rings. The molecule has 5 rings (SSSR count). The third-order valence-electron chi connectivity index (χ3n) is 7.86. The molecule has 43 heavy (non-hydrogen) atoms. The molecule has 0 bridgehead atoms. The highest BCUT2D eigenvalue weighted by Gasteiger charge is 2.54. The number of hydrogen-bond acceptors (Lipinski definition) is 12. The van der Waals surface area contributed by atoms with Crippen molar-refractivity contribution in [2.75, 3.05) is 69.2 Å². The standard InChI is InChI=1S/C29H39ClN7O5P/c1-35-11-13-36(14-12-35)20-16-28(38,39)37(29(40,41)17-20)19-9-10-22(24(15-19)42-2)33-27-31-18-21(30)26(34-27)32-23-7-5-6-8-25(23)43(3)4/h5-10,15,18,20,38-41H,11-14,16-17H2,1-4H3,(H2,31,32,33,34). The molecule has 0 radical (unpaired) electrons. The zero-order valence-electron chi connectivity index (χ0n) is 24.7. The van der Waals surface area contributed by atoms with Gasteiger partial charge in [-0.05, 0) is 43.9 Å². The summed E-state index contributed by atoms with van der Waals surface area (Å²) in [5.74, 6) is -4.08. The zero-order chi connectivity index (χ0) is 30.9. The van der Waals surface area contributed by atoms with Crippen molar-refractivity contribution in [3.8, 4) is 5.75 Å². The average molecular weight is 632 g/mol. The molecule has 0 aliphatic carbocycles. The van der Waals surface area contributed by atoms with Crippen molar-refractivity contribution in [1.82, 2.24) is 19.8 Å². The fourth-order valence-electron chi connectivity index (χ4n) is 5.69. The van der Waals surface area contributed by atoms with Crippen molar-refractivity contribution in [2.24, 2.45) is 0 Å². The molecule has 3 aromatic rings. The predicted molar refractivity (Wildman–Crippen MR) is 170 cm³/mol. The summed E-state index contributed by atoms with van der Waals surface area (Å²) in [6, 6.07) is 12.2. The van der Waals surface area contributed by atoms with Gasteiger partial charge in [0, 0.05) is 62.5 Å². The van der Waals surface area contributed by atoms with E-state index in [0.717, 1.165) is 23.7 Å². The van der Waals surface area contributed by atoms with Gasteiger partial charge in [0.05, 0.1) is 19.0 Å². The number of aliphatic hydroxyl groups is 4. The number of piperazine rings is 1. The molecule has 6 N–H and O–H groups in total. The molecule has 12 nitrogen and oxygen atoms in total. The highest BCUT2D eigenvalue weighted by atomic mass is 35.5. The van der Waals surface area contributed by atoms with Gasteiger partial charge >= 0.3 is 0 Å². The van der Waals surface area contributed by atoms with E-state index in [4.69, 9.17) is 16.3 Å². The number of aromatic nitrogens is 2. The Morgan fingerprint density at radius 2 is 1.63 bits per heavy atom. The van der Waals surface area contributed by atoms with Gasteiger partial charge in [-0.1, -0.05) is 37.7 Å². The largest absolute Gasteiger partial charge is 0.494 e. The molecule has 0 unspecified atom stereocenters. The molecular formula is C29H39ClN7O5P. The van der Waals surface area contributed by atoms with Gasteiger partial charge in [0.25, 0.3) is 11.8 Å². The number of benzene rings is 2. The average Bonchev–Trinajstić information content (AvgIpc) is 2.94. The summed E-state index contributed by atoms with van der Waals surface area (Å²) in [6.07, 6.45) is 1.32. The number of methoxy groups -OCH3 is 1. The number of hydrogen-bond donors (Lipinski definition) is 6. The van der Waals surface area contributed by atoms with E-state index < -0.39 is 17.9 Å². The molecule has 0 spiro atoms. The second-order valence-electron chi connectivity index (χ2n) is 11.2. The highest BCUT2D eigenvalue weighted by molar-refractivity contribution is 7.64. The Labute approximate surface area is 257 Å². The summed E-state index contributed by atoms with van der Waals surface area (Å²) in [7, 11) is 3.12. The summed E-state index contributed by atoms with van der Waals surface area (Å²) < 4.78 is 5.58. The topological polar surface area (TPSA) is 150 Å². The van der Waals surface area contributed by atoms with Crippen molar-refractivity contribution in [2.45, 2.75) is 30.7 Å². The van der Waals surface area contributed by atoms with Crippen LogP contribution in [0.5, 0.6) is 5.75 Å². The molecule has 0 saturated carbocycles. The van der Waals surface area contributed by atoms with Crippen LogP contribution in [-0.4, -0.2) is 112 Å². The van der Waals surface area contributed by atoms with E-state index in [9.17, 15) is 20.4 Å². The Balaban J connectivity index is 1.37. The lowest BCUT2D eigenvalue weighted by Gasteiger charge is -2.53. The van der Waals surface area contributed by atoms with Crippen LogP contribution in [0.1, 0.15) is 12.8 Å². The van der Waals surface area contributed by atoms with Crippen LogP contribution >= 0.6 is 19.5 Å². The van der Waals surface area contributed by atoms with Crippen LogP contribution in [0.15, 0.2) is 48.7 Å². The fraction of sp³-hybridized carbons (Fsp3) is 0.448. The van der Waals surface area contributed by atoms with Gasteiger partial charge in [0.1, 0.15) is 10.8 Å². The van der Waals surface area contributed by atoms with E-state index in [1.54, 1.807) is 12.1 Å². The van der Waals surface area contributed by atoms with E-state index in [2.05, 4.69) is 49.8 Å². The molecule has 0 amide bonds. The minimum atomic E-state index is -2.52. The minimum Gasteiger partial charge on any atom is -0.494 e. The number of ether oxygens (including phenoxy) is 1. The van der Waals surface area contributed by atoms with Crippen molar-refractivity contribution < 1.29 is 25.2 Å². The summed E-state index contributed by atoms with van der Waals surface area (Å²) in [6.45, 7) is 7.39. The Morgan fingerprint density at radius 1 is 0.953 bits per heavy atom. The zero-order valence-corrected chi connectivity index (χ0v) is 26.3. The second kappa shape index (κ2) is 12.7. The Morgan fingerprint density at radius 3 is 2.28 bits per heavy atom. The van der Waals surface area contributed by atoms with Crippen LogP contribution in [0.4, 0.5) is 28.8 Å². The lowest BCUT2D eigenvalue weighted by molar-refractivity contribution is -0.287. The molecule has 2 aliphatic rings. The quantitative estimate of drug-likeness (QED) is 0.160. The number of para-hydroxylation sites is 1. The van der Waals surface area contributed by atoms with Gasteiger partial charge in [0.15, 0.2) is 5.82 Å². The van der Waals surface area contributed by atoms with Gasteiger partial charge in [-0.15, -0.1) is 0 Å². The van der Waals surface area contributed by atoms with E-state index >= 15 is 0 Å². The van der Waals surface area contributed by atoms with E-state index in [1.165, 1.54) is 24.7 Å². The molecule has 2 aromatic carbocycles. The van der Waals surface area contributed by atoms with Gasteiger partial charge < -0.3 is 40.7 Å². The van der Waals surface area contributed by atoms with Gasteiger partial charge in [-0.25, -0.2) is 4.98 Å². The molecular weight excluding hydrogens is 593 g/mol. The fourth-order valence-corrected chi connectivity index (χ4v) is 6.82. The normalized spacial score (nSPS) is 19.4. The number of anilines is 5. The van der Waals surface area contributed by atoms with Gasteiger partial charge in [-0.2, -0.15) is 4.98 Å². The number of nitrogens with zero attached hydrogens (tertiary/aromatic N) is 5. The first kappa shape index (κ1) is 31.6. The minimum absolute atomic E-state index is 0.0859. The van der Waals surface area contributed by atoms with Crippen molar-refractivity contribution in [1.29, 1.82) is 0 Å². The number of nitrogens with one attached hydrogen (secondary N) is 2. The molecule has 3 heterocycles. The van der Waals surface area contributed by atoms with Crippen LogP contribution in [0, 0.1) is 0 Å². The van der Waals surface area contributed by atoms with E-state index in [-0.39, 0.29) is 32.4 Å². The smallest absolute Gasteiger partial charge is 0.252 e. The van der Waals surface area contributed by atoms with Crippen molar-refractivity contribution >= 4 is 53.7 Å². The first-order chi connectivity index (χ1) is 20.4. The van der Waals surface area contributed by atoms with Crippen molar-refractivity contribution in [3.63, 3.8) is 0 Å². The molecule has 0 atom stereocenters. The lowest BCUT2D eigenvalue weighted by Crippen LogP contribution is -2.70. The maximum Gasteiger partial charge on any atom is 0.252 e. The SMILES string of the molecule is COc1cc(N2C(O)(O)CC(N3CCN(C)CC3)CC2(O)O)ccc1Nc1ncc(Cl)c(Nc2ccccc2P(C)C)n1. The lowest BCUT2D eigenvalue weighted by atomic mass is 9.94. The van der Waals surface area contributed by atoms with Crippen LogP contribution in [-0.2, 0) is 0 Å². The molecule has 2 aliphatic heterocycles. The molecule has 232 valence electrons. The molecule has 2 saturated heterocycles. The van der Waals surface area contributed by atoms with Crippen LogP contribution < -0.4 is 25.6 Å². The molecule has 14 heteroatoms. The Bertz CT molecular complexity index is 1420. The first-order valence-electron chi connectivity index (χ1n) is 14.0. The number of rotatable bonds is 8. The van der Waals surface area contributed by atoms with Gasteiger partial charge in [0.2, 0.25) is 5.95 Å². The number of likely N-dealkylation sites (N-methyl/N-ethyl adjacent to an activating group) is 1. The van der Waals surface area contributed by atoms with Crippen LogP contribution in [0.2, 0.25) is 5.02 Å². The monoisotopic (exact) mass is 631 g/mol. The van der Waals surface area contributed by atoms with E-state index in [0.29, 0.717) is 35.4 Å². The summed E-state index contributed by atoms with van der Waals surface area (Å²) >= 11 is 6.43. The third kappa shape index (κ3) is 6.97. The second-order valence-corrected chi connectivity index (χ2v) is 13.9. The summed E-state index contributed by atoms with van der Waals surface area (Å²) in [5, 5.41) is 52.4. The van der Waals surface area contributed by atoms with Crippen LogP contribution in [0.25, 0.3) is 0 Å². The molecule has 1 aromatic heterocycles. The summed E-state index contributed by atoms with van der Waals surface area (Å²) in [4.78, 5) is 13.9. The summed E-state index contributed by atoms with van der Waals surface area (Å²) in [5.41, 5.74) is 1.54. The number of piperidine rings is 1. The Hall–Kier alpha value is -2.80. The first-order valence-corrected chi connectivity index (χ1v) is 16.6. The van der Waals surface area contributed by atoms with Crippen LogP contribution in [0.3, 0.4) is 0 Å². The Kier molecular flexibility index (Phi) is 9.31. The van der Waals surface area contributed by atoms with Gasteiger partial charge in [-0.3, -0.25) is 9.80 Å². The maximum absolute atomic E-state index is 11.1.